The second-order valence-electron chi connectivity index (χ2n) is 7.49. The molecule has 5 nitrogen and oxygen atoms in total. The van der Waals surface area contributed by atoms with Crippen LogP contribution in [0.15, 0.2) is 47.6 Å². The van der Waals surface area contributed by atoms with Gasteiger partial charge in [0.15, 0.2) is 11.0 Å². The fourth-order valence-corrected chi connectivity index (χ4v) is 4.44. The molecule has 158 valence electrons. The van der Waals surface area contributed by atoms with E-state index < -0.39 is 0 Å². The number of benzene rings is 2. The number of aromatic nitrogens is 3. The second-order valence-corrected chi connectivity index (χ2v) is 9.27. The van der Waals surface area contributed by atoms with Gasteiger partial charge in [-0.05, 0) is 42.7 Å². The molecule has 2 aromatic carbocycles. The van der Waals surface area contributed by atoms with Crippen LogP contribution in [0.5, 0.6) is 0 Å². The third-order valence-electron chi connectivity index (χ3n) is 4.79. The molecule has 0 fully saturated rings. The maximum atomic E-state index is 12.7. The van der Waals surface area contributed by atoms with Crippen LogP contribution in [0.1, 0.15) is 47.2 Å². The highest BCUT2D eigenvalue weighted by Crippen LogP contribution is 2.29. The molecule has 1 atom stereocenters. The van der Waals surface area contributed by atoms with E-state index in [2.05, 4.69) is 29.4 Å². The van der Waals surface area contributed by atoms with E-state index in [-0.39, 0.29) is 17.9 Å². The highest BCUT2D eigenvalue weighted by Gasteiger charge is 2.25. The molecule has 0 saturated heterocycles. The van der Waals surface area contributed by atoms with Crippen molar-refractivity contribution in [3.63, 3.8) is 0 Å². The summed E-state index contributed by atoms with van der Waals surface area (Å²) in [6, 6.07) is 12.7. The van der Waals surface area contributed by atoms with Gasteiger partial charge in [-0.15, -0.1) is 10.2 Å². The quantitative estimate of drug-likeness (QED) is 0.447. The second kappa shape index (κ2) is 9.86. The van der Waals surface area contributed by atoms with Gasteiger partial charge in [0, 0.05) is 28.4 Å². The van der Waals surface area contributed by atoms with Crippen LogP contribution >= 0.6 is 35.0 Å². The van der Waals surface area contributed by atoms with Crippen LogP contribution < -0.4 is 5.32 Å². The van der Waals surface area contributed by atoms with Crippen LogP contribution in [0.2, 0.25) is 10.0 Å². The zero-order chi connectivity index (χ0) is 21.8. The molecule has 1 heterocycles. The van der Waals surface area contributed by atoms with Crippen molar-refractivity contribution in [2.24, 2.45) is 13.0 Å². The predicted octanol–water partition coefficient (Wildman–Crippen LogP) is 5.85. The Hall–Kier alpha value is -2.02. The Kier molecular flexibility index (Phi) is 7.45. The summed E-state index contributed by atoms with van der Waals surface area (Å²) in [7, 11) is 1.91. The number of thioether (sulfide) groups is 1. The Morgan fingerprint density at radius 2 is 1.83 bits per heavy atom. The number of nitrogens with zero attached hydrogens (tertiary/aromatic N) is 3. The Labute approximate surface area is 191 Å². The zero-order valence-electron chi connectivity index (χ0n) is 17.3. The molecule has 3 rings (SSSR count). The van der Waals surface area contributed by atoms with Crippen molar-refractivity contribution in [2.75, 3.05) is 0 Å². The number of carbonyl (C=O) groups excluding carboxylic acids is 1. The van der Waals surface area contributed by atoms with Crippen LogP contribution in [0, 0.1) is 12.8 Å². The molecule has 3 aromatic rings. The van der Waals surface area contributed by atoms with Gasteiger partial charge in [0.25, 0.3) is 5.91 Å². The van der Waals surface area contributed by atoms with E-state index in [1.54, 1.807) is 6.07 Å². The minimum Gasteiger partial charge on any atom is -0.342 e. The molecule has 0 spiro atoms. The average Bonchev–Trinajstić information content (AvgIpc) is 3.06. The van der Waals surface area contributed by atoms with Crippen LogP contribution in [0.3, 0.4) is 0 Å². The third kappa shape index (κ3) is 5.36. The summed E-state index contributed by atoms with van der Waals surface area (Å²) in [6.45, 7) is 6.10. The number of hydrogen-bond donors (Lipinski definition) is 1. The number of nitrogens with one attached hydrogen (secondary N) is 1. The number of halogens is 2. The van der Waals surface area contributed by atoms with E-state index in [0.29, 0.717) is 21.4 Å². The lowest BCUT2D eigenvalue weighted by Gasteiger charge is -2.21. The normalized spacial score (nSPS) is 12.2. The van der Waals surface area contributed by atoms with E-state index in [4.69, 9.17) is 23.2 Å². The highest BCUT2D eigenvalue weighted by molar-refractivity contribution is 7.98. The summed E-state index contributed by atoms with van der Waals surface area (Å²) in [4.78, 5) is 12.7. The van der Waals surface area contributed by atoms with E-state index in [1.165, 1.54) is 11.8 Å². The first kappa shape index (κ1) is 22.7. The Balaban J connectivity index is 1.75. The molecular formula is C22H24Cl2N4OS. The lowest BCUT2D eigenvalue weighted by atomic mass is 10.0. The van der Waals surface area contributed by atoms with Gasteiger partial charge >= 0.3 is 0 Å². The van der Waals surface area contributed by atoms with Gasteiger partial charge in [-0.1, -0.05) is 72.6 Å². The molecule has 0 aliphatic rings. The lowest BCUT2D eigenvalue weighted by Crippen LogP contribution is -2.33. The van der Waals surface area contributed by atoms with Gasteiger partial charge < -0.3 is 9.88 Å². The summed E-state index contributed by atoms with van der Waals surface area (Å²) >= 11 is 13.8. The molecular weight excluding hydrogens is 439 g/mol. The Bertz CT molecular complexity index is 1030. The van der Waals surface area contributed by atoms with E-state index in [9.17, 15) is 4.79 Å². The minimum absolute atomic E-state index is 0.126. The molecule has 0 unspecified atom stereocenters. The first-order valence-electron chi connectivity index (χ1n) is 9.59. The van der Waals surface area contributed by atoms with Crippen LogP contribution in [0.4, 0.5) is 0 Å². The summed E-state index contributed by atoms with van der Waals surface area (Å²) in [5.41, 5.74) is 2.71. The van der Waals surface area contributed by atoms with Crippen LogP contribution in [-0.4, -0.2) is 20.7 Å². The number of carbonyl (C=O) groups is 1. The van der Waals surface area contributed by atoms with Crippen molar-refractivity contribution in [3.05, 3.63) is 75.0 Å². The van der Waals surface area contributed by atoms with Gasteiger partial charge in [-0.2, -0.15) is 0 Å². The van der Waals surface area contributed by atoms with Crippen LogP contribution in [0.25, 0.3) is 0 Å². The zero-order valence-corrected chi connectivity index (χ0v) is 19.6. The van der Waals surface area contributed by atoms with Crippen molar-refractivity contribution in [2.45, 2.75) is 37.7 Å². The smallest absolute Gasteiger partial charge is 0.251 e. The van der Waals surface area contributed by atoms with Crippen molar-refractivity contribution in [1.29, 1.82) is 0 Å². The fraction of sp³-hybridized carbons (Fsp3) is 0.318. The maximum absolute atomic E-state index is 12.7. The van der Waals surface area contributed by atoms with Gasteiger partial charge in [0.1, 0.15) is 0 Å². The topological polar surface area (TPSA) is 59.8 Å². The number of amides is 1. The Morgan fingerprint density at radius 1 is 1.13 bits per heavy atom. The fourth-order valence-electron chi connectivity index (χ4n) is 2.96. The van der Waals surface area contributed by atoms with Gasteiger partial charge in [0.05, 0.1) is 6.04 Å². The van der Waals surface area contributed by atoms with Crippen molar-refractivity contribution in [3.8, 4) is 0 Å². The van der Waals surface area contributed by atoms with Crippen molar-refractivity contribution >= 4 is 40.9 Å². The minimum atomic E-state index is -0.259. The van der Waals surface area contributed by atoms with Gasteiger partial charge in [-0.25, -0.2) is 0 Å². The van der Waals surface area contributed by atoms with Crippen molar-refractivity contribution < 1.29 is 4.79 Å². The summed E-state index contributed by atoms with van der Waals surface area (Å²) in [5.74, 6) is 1.38. The van der Waals surface area contributed by atoms with E-state index in [0.717, 1.165) is 22.1 Å². The van der Waals surface area contributed by atoms with Gasteiger partial charge in [-0.3, -0.25) is 4.79 Å². The molecule has 0 saturated carbocycles. The molecule has 0 bridgehead atoms. The number of aryl methyl sites for hydroxylation is 1. The molecule has 1 amide bonds. The molecule has 1 N–H and O–H groups in total. The first-order chi connectivity index (χ1) is 14.3. The predicted molar refractivity (Wildman–Crippen MR) is 123 cm³/mol. The van der Waals surface area contributed by atoms with Crippen LogP contribution in [-0.2, 0) is 12.8 Å². The highest BCUT2D eigenvalue weighted by atomic mass is 35.5. The molecule has 0 aliphatic carbocycles. The summed E-state index contributed by atoms with van der Waals surface area (Å²) < 4.78 is 1.93. The average molecular weight is 463 g/mol. The molecule has 30 heavy (non-hydrogen) atoms. The maximum Gasteiger partial charge on any atom is 0.251 e. The number of rotatable bonds is 7. The van der Waals surface area contributed by atoms with Gasteiger partial charge in [0.2, 0.25) is 0 Å². The molecule has 0 aliphatic heterocycles. The van der Waals surface area contributed by atoms with E-state index >= 15 is 0 Å². The van der Waals surface area contributed by atoms with E-state index in [1.807, 2.05) is 54.9 Å². The third-order valence-corrected chi connectivity index (χ3v) is 6.44. The molecule has 8 heteroatoms. The Morgan fingerprint density at radius 3 is 2.47 bits per heavy atom. The summed E-state index contributed by atoms with van der Waals surface area (Å²) in [6.07, 6.45) is 0. The monoisotopic (exact) mass is 462 g/mol. The largest absolute Gasteiger partial charge is 0.342 e. The first-order valence-corrected chi connectivity index (χ1v) is 11.3. The standard InChI is InChI=1S/C22H24Cl2N4OS/c1-13(2)19(25-21(29)15-7-5-14(3)6-8-15)20-26-27-22(28(20)4)30-12-16-9-10-17(23)11-18(16)24/h5-11,13,19H,12H2,1-4H3,(H,25,29)/t19-/m0/s1. The molecule has 1 aromatic heterocycles. The SMILES string of the molecule is Cc1ccc(C(=O)N[C@H](c2nnc(SCc3ccc(Cl)cc3Cl)n2C)C(C)C)cc1. The lowest BCUT2D eigenvalue weighted by molar-refractivity contribution is 0.0922. The molecule has 0 radical (unpaired) electrons. The number of hydrogen-bond acceptors (Lipinski definition) is 4. The summed E-state index contributed by atoms with van der Waals surface area (Å²) in [5, 5.41) is 13.8. The van der Waals surface area contributed by atoms with Crippen molar-refractivity contribution in [1.82, 2.24) is 20.1 Å².